The molecule has 0 bridgehead atoms. The first kappa shape index (κ1) is 16.2. The maximum Gasteiger partial charge on any atom is 0.362 e. The maximum atomic E-state index is 14.4. The van der Waals surface area contributed by atoms with Gasteiger partial charge in [-0.05, 0) is 26.0 Å². The summed E-state index contributed by atoms with van der Waals surface area (Å²) in [5, 5.41) is 6.47. The van der Waals surface area contributed by atoms with Crippen LogP contribution in [0.4, 0.5) is 10.1 Å². The number of piperazine rings is 1. The van der Waals surface area contributed by atoms with Gasteiger partial charge in [0.25, 0.3) is 0 Å². The Hall–Kier alpha value is -2.15. The number of benzene rings is 1. The predicted octanol–water partition coefficient (Wildman–Crippen LogP) is -2.37. The number of hydrogen-bond donors (Lipinski definition) is 4. The van der Waals surface area contributed by atoms with Crippen molar-refractivity contribution in [2.24, 2.45) is 16.6 Å². The van der Waals surface area contributed by atoms with Crippen LogP contribution >= 0.6 is 0 Å². The summed E-state index contributed by atoms with van der Waals surface area (Å²) in [6.45, 7) is 8.94. The van der Waals surface area contributed by atoms with Crippen molar-refractivity contribution in [2.45, 2.75) is 13.8 Å². The van der Waals surface area contributed by atoms with Gasteiger partial charge in [-0.15, -0.1) is 5.10 Å². The number of halogens is 1. The van der Waals surface area contributed by atoms with Gasteiger partial charge in [-0.1, -0.05) is 6.07 Å². The second-order valence-corrected chi connectivity index (χ2v) is 5.52. The lowest BCUT2D eigenvalue weighted by atomic mass is 10.1. The molecule has 6 nitrogen and oxygen atoms in total. The quantitative estimate of drug-likeness (QED) is 0.285. The van der Waals surface area contributed by atoms with E-state index >= 15 is 0 Å². The van der Waals surface area contributed by atoms with Crippen LogP contribution in [0.25, 0.3) is 0 Å². The summed E-state index contributed by atoms with van der Waals surface area (Å²) in [5.74, 6) is -0.218. The second-order valence-electron chi connectivity index (χ2n) is 5.52. The van der Waals surface area contributed by atoms with E-state index in [1.165, 1.54) is 6.07 Å². The standard InChI is InChI=1S/C15H23FN6/c1-3-21-6-8-22(9-7-21)14-5-4-12(10-13(14)16)11(2)19-20-15(17)18/h4-5,10H,3,6-9H2,1-2H3,(H4,17,18,20)/p+2/b19-11-. The van der Waals surface area contributed by atoms with Crippen LogP contribution in [0, 0.1) is 5.82 Å². The molecule has 22 heavy (non-hydrogen) atoms. The fourth-order valence-corrected chi connectivity index (χ4v) is 2.62. The van der Waals surface area contributed by atoms with Gasteiger partial charge in [-0.25, -0.2) is 4.39 Å². The molecule has 0 radical (unpaired) electrons. The molecule has 0 saturated carbocycles. The van der Waals surface area contributed by atoms with E-state index in [9.17, 15) is 4.39 Å². The fourth-order valence-electron chi connectivity index (χ4n) is 2.62. The number of nitrogens with two attached hydrogens (primary N) is 2. The SMILES string of the molecule is CC[NH+]1CCN(c2ccc(/C(C)=N\[NH+]=C(N)N)cc2F)CC1. The third-order valence-electron chi connectivity index (χ3n) is 4.03. The first-order chi connectivity index (χ1) is 10.5. The molecule has 1 aromatic carbocycles. The molecule has 0 unspecified atom stereocenters. The summed E-state index contributed by atoms with van der Waals surface area (Å²) in [7, 11) is 0. The first-order valence-electron chi connectivity index (χ1n) is 7.58. The topological polar surface area (TPSA) is 86.0 Å². The van der Waals surface area contributed by atoms with Gasteiger partial charge < -0.3 is 9.80 Å². The molecule has 120 valence electrons. The second kappa shape index (κ2) is 7.22. The zero-order valence-electron chi connectivity index (χ0n) is 13.2. The highest BCUT2D eigenvalue weighted by Crippen LogP contribution is 2.20. The Morgan fingerprint density at radius 2 is 2.05 bits per heavy atom. The average molecular weight is 308 g/mol. The molecule has 1 fully saturated rings. The zero-order valence-corrected chi connectivity index (χ0v) is 13.2. The van der Waals surface area contributed by atoms with E-state index < -0.39 is 0 Å². The van der Waals surface area contributed by atoms with Crippen molar-refractivity contribution in [3.05, 3.63) is 29.6 Å². The van der Waals surface area contributed by atoms with Crippen LogP contribution < -0.4 is 26.4 Å². The third kappa shape index (κ3) is 3.94. The molecule has 7 heteroatoms. The number of hydrazone groups is 1. The summed E-state index contributed by atoms with van der Waals surface area (Å²) in [6.07, 6.45) is 0. The van der Waals surface area contributed by atoms with Crippen LogP contribution in [0.3, 0.4) is 0 Å². The van der Waals surface area contributed by atoms with Gasteiger partial charge in [-0.3, -0.25) is 11.5 Å². The number of rotatable bonds is 4. The van der Waals surface area contributed by atoms with Crippen LogP contribution in [0.1, 0.15) is 19.4 Å². The van der Waals surface area contributed by atoms with Gasteiger partial charge in [0.2, 0.25) is 0 Å². The van der Waals surface area contributed by atoms with E-state index in [4.69, 9.17) is 11.5 Å². The van der Waals surface area contributed by atoms with Crippen LogP contribution in [-0.4, -0.2) is 44.4 Å². The maximum absolute atomic E-state index is 14.4. The molecule has 1 saturated heterocycles. The van der Waals surface area contributed by atoms with Gasteiger partial charge in [0.15, 0.2) is 0 Å². The van der Waals surface area contributed by atoms with Gasteiger partial charge >= 0.3 is 5.96 Å². The molecule has 0 aromatic heterocycles. The molecule has 0 spiro atoms. The van der Waals surface area contributed by atoms with Gasteiger partial charge in [0.05, 0.1) is 44.1 Å². The largest absolute Gasteiger partial charge is 0.362 e. The van der Waals surface area contributed by atoms with Crippen LogP contribution in [0.15, 0.2) is 23.3 Å². The van der Waals surface area contributed by atoms with Crippen molar-refractivity contribution in [2.75, 3.05) is 37.6 Å². The highest BCUT2D eigenvalue weighted by atomic mass is 19.1. The van der Waals surface area contributed by atoms with Gasteiger partial charge in [0, 0.05) is 5.56 Å². The normalized spacial score (nSPS) is 16.7. The lowest BCUT2D eigenvalue weighted by Crippen LogP contribution is -3.14. The smallest absolute Gasteiger partial charge is 0.358 e. The first-order valence-corrected chi connectivity index (χ1v) is 7.58. The summed E-state index contributed by atoms with van der Waals surface area (Å²) >= 11 is 0. The minimum atomic E-state index is -0.225. The third-order valence-corrected chi connectivity index (χ3v) is 4.03. The monoisotopic (exact) mass is 308 g/mol. The Morgan fingerprint density at radius 3 is 2.59 bits per heavy atom. The fraction of sp³-hybridized carbons (Fsp3) is 0.467. The van der Waals surface area contributed by atoms with E-state index in [0.717, 1.165) is 32.7 Å². The number of likely N-dealkylation sites (N-methyl/N-ethyl adjacent to an activating group) is 1. The van der Waals surface area contributed by atoms with Crippen molar-refractivity contribution in [3.8, 4) is 0 Å². The molecule has 1 heterocycles. The molecule has 6 N–H and O–H groups in total. The van der Waals surface area contributed by atoms with E-state index in [1.807, 2.05) is 12.1 Å². The zero-order chi connectivity index (χ0) is 16.1. The van der Waals surface area contributed by atoms with E-state index in [0.29, 0.717) is 17.0 Å². The minimum Gasteiger partial charge on any atom is -0.358 e. The Bertz CT molecular complexity index is 571. The number of guanidine groups is 1. The number of nitrogens with zero attached hydrogens (tertiary/aromatic N) is 2. The number of nitrogens with one attached hydrogen (secondary N) is 2. The van der Waals surface area contributed by atoms with Crippen molar-refractivity contribution in [1.29, 1.82) is 0 Å². The molecular formula is C15H25FN6+2. The summed E-state index contributed by atoms with van der Waals surface area (Å²) in [6, 6.07) is 5.18. The molecule has 1 aromatic rings. The molecule has 1 aliphatic heterocycles. The lowest BCUT2D eigenvalue weighted by Gasteiger charge is -2.33. The van der Waals surface area contributed by atoms with Crippen LogP contribution in [-0.2, 0) is 0 Å². The highest BCUT2D eigenvalue weighted by molar-refractivity contribution is 5.98. The van der Waals surface area contributed by atoms with Crippen molar-refractivity contribution < 1.29 is 14.4 Å². The van der Waals surface area contributed by atoms with Gasteiger partial charge in [0.1, 0.15) is 5.82 Å². The molecule has 0 atom stereocenters. The molecular weight excluding hydrogens is 283 g/mol. The Kier molecular flexibility index (Phi) is 5.32. The van der Waals surface area contributed by atoms with E-state index in [-0.39, 0.29) is 11.8 Å². The lowest BCUT2D eigenvalue weighted by molar-refractivity contribution is -0.898. The summed E-state index contributed by atoms with van der Waals surface area (Å²) < 4.78 is 14.4. The number of quaternary nitrogens is 1. The van der Waals surface area contributed by atoms with Crippen molar-refractivity contribution in [3.63, 3.8) is 0 Å². The molecule has 0 aliphatic carbocycles. The number of hydrogen-bond acceptors (Lipinski definition) is 2. The minimum absolute atomic E-state index is 0.00716. The average Bonchev–Trinajstić information content (AvgIpc) is 2.52. The Morgan fingerprint density at radius 1 is 1.36 bits per heavy atom. The number of anilines is 1. The molecule has 2 rings (SSSR count). The Balaban J connectivity index is 2.13. The van der Waals surface area contributed by atoms with Crippen molar-refractivity contribution in [1.82, 2.24) is 0 Å². The molecule has 0 amide bonds. The highest BCUT2D eigenvalue weighted by Gasteiger charge is 2.21. The van der Waals surface area contributed by atoms with E-state index in [2.05, 4.69) is 22.0 Å². The van der Waals surface area contributed by atoms with Crippen LogP contribution in [0.5, 0.6) is 0 Å². The Labute approximate surface area is 130 Å². The van der Waals surface area contributed by atoms with Gasteiger partial charge in [-0.2, -0.15) is 5.10 Å². The summed E-state index contributed by atoms with van der Waals surface area (Å²) in [4.78, 5) is 3.67. The van der Waals surface area contributed by atoms with Crippen molar-refractivity contribution >= 4 is 17.4 Å². The summed E-state index contributed by atoms with van der Waals surface area (Å²) in [5.41, 5.74) is 12.6. The molecule has 1 aliphatic rings. The van der Waals surface area contributed by atoms with Crippen LogP contribution in [0.2, 0.25) is 0 Å². The van der Waals surface area contributed by atoms with E-state index in [1.54, 1.807) is 11.8 Å². The predicted molar refractivity (Wildman–Crippen MR) is 86.4 cm³/mol.